The average molecular weight is 256 g/mol. The van der Waals surface area contributed by atoms with Crippen LogP contribution in [-0.4, -0.2) is 29.1 Å². The maximum Gasteiger partial charge on any atom is 0.347 e. The minimum atomic E-state index is -0.862. The molecule has 0 aromatic carbocycles. The Bertz CT molecular complexity index is 371. The van der Waals surface area contributed by atoms with Crippen LogP contribution in [0.4, 0.5) is 5.13 Å². The van der Waals surface area contributed by atoms with Crippen LogP contribution in [-0.2, 0) is 6.42 Å². The lowest BCUT2D eigenvalue weighted by Crippen LogP contribution is -2.24. The molecule has 5 heteroatoms. The van der Waals surface area contributed by atoms with Gasteiger partial charge in [-0.05, 0) is 19.3 Å². The Labute approximate surface area is 106 Å². The molecular formula is C12H20N2O2S. The lowest BCUT2D eigenvalue weighted by atomic mass is 10.3. The van der Waals surface area contributed by atoms with E-state index < -0.39 is 5.97 Å². The molecule has 0 spiro atoms. The van der Waals surface area contributed by atoms with Crippen molar-refractivity contribution in [3.8, 4) is 0 Å². The summed E-state index contributed by atoms with van der Waals surface area (Å²) >= 11 is 1.30. The van der Waals surface area contributed by atoms with Gasteiger partial charge in [-0.3, -0.25) is 0 Å². The van der Waals surface area contributed by atoms with Gasteiger partial charge in [0.05, 0.1) is 5.69 Å². The van der Waals surface area contributed by atoms with E-state index >= 15 is 0 Å². The van der Waals surface area contributed by atoms with E-state index in [9.17, 15) is 4.79 Å². The van der Waals surface area contributed by atoms with E-state index in [0.717, 1.165) is 31.1 Å². The van der Waals surface area contributed by atoms with Crippen LogP contribution in [0.15, 0.2) is 0 Å². The van der Waals surface area contributed by atoms with Gasteiger partial charge in [0.25, 0.3) is 0 Å². The SMILES string of the molecule is CCCN(CCC)c1nc(CC)c(C(=O)O)s1. The molecule has 1 aromatic rings. The molecule has 1 rings (SSSR count). The molecule has 17 heavy (non-hydrogen) atoms. The third kappa shape index (κ3) is 3.43. The molecule has 1 aromatic heterocycles. The summed E-state index contributed by atoms with van der Waals surface area (Å²) < 4.78 is 0. The largest absolute Gasteiger partial charge is 0.477 e. The van der Waals surface area contributed by atoms with Crippen molar-refractivity contribution in [3.63, 3.8) is 0 Å². The van der Waals surface area contributed by atoms with E-state index in [0.29, 0.717) is 17.0 Å². The zero-order valence-corrected chi connectivity index (χ0v) is 11.5. The van der Waals surface area contributed by atoms with Crippen LogP contribution in [0, 0.1) is 0 Å². The molecule has 0 bridgehead atoms. The lowest BCUT2D eigenvalue weighted by Gasteiger charge is -2.19. The summed E-state index contributed by atoms with van der Waals surface area (Å²) in [6, 6.07) is 0. The summed E-state index contributed by atoms with van der Waals surface area (Å²) in [7, 11) is 0. The van der Waals surface area contributed by atoms with Crippen molar-refractivity contribution in [3.05, 3.63) is 10.6 Å². The van der Waals surface area contributed by atoms with E-state index in [1.807, 2.05) is 6.92 Å². The highest BCUT2D eigenvalue weighted by atomic mass is 32.1. The van der Waals surface area contributed by atoms with E-state index in [4.69, 9.17) is 5.11 Å². The summed E-state index contributed by atoms with van der Waals surface area (Å²) in [6.07, 6.45) is 2.76. The third-order valence-corrected chi connectivity index (χ3v) is 3.62. The Hall–Kier alpha value is -1.10. The number of aromatic carboxylic acids is 1. The summed E-state index contributed by atoms with van der Waals surface area (Å²) in [4.78, 5) is 18.1. The topological polar surface area (TPSA) is 53.4 Å². The first-order chi connectivity index (χ1) is 8.13. The number of anilines is 1. The minimum absolute atomic E-state index is 0.389. The van der Waals surface area contributed by atoms with Gasteiger partial charge < -0.3 is 10.0 Å². The summed E-state index contributed by atoms with van der Waals surface area (Å²) in [5.41, 5.74) is 0.703. The highest BCUT2D eigenvalue weighted by Crippen LogP contribution is 2.27. The molecule has 1 N–H and O–H groups in total. The molecule has 0 aliphatic heterocycles. The van der Waals surface area contributed by atoms with Crippen molar-refractivity contribution < 1.29 is 9.90 Å². The summed E-state index contributed by atoms with van der Waals surface area (Å²) in [5.74, 6) is -0.862. The fraction of sp³-hybridized carbons (Fsp3) is 0.667. The second kappa shape index (κ2) is 6.59. The van der Waals surface area contributed by atoms with Crippen molar-refractivity contribution in [1.29, 1.82) is 0 Å². The predicted molar refractivity (Wildman–Crippen MR) is 71.2 cm³/mol. The van der Waals surface area contributed by atoms with Gasteiger partial charge in [-0.15, -0.1) is 0 Å². The van der Waals surface area contributed by atoms with Gasteiger partial charge in [0.1, 0.15) is 4.88 Å². The molecule has 1 heterocycles. The zero-order valence-electron chi connectivity index (χ0n) is 10.7. The lowest BCUT2D eigenvalue weighted by molar-refractivity contribution is 0.0701. The van der Waals surface area contributed by atoms with E-state index in [-0.39, 0.29) is 0 Å². The van der Waals surface area contributed by atoms with Gasteiger partial charge in [-0.25, -0.2) is 9.78 Å². The molecule has 96 valence electrons. The van der Waals surface area contributed by atoms with Crippen LogP contribution < -0.4 is 4.90 Å². The van der Waals surface area contributed by atoms with Gasteiger partial charge in [0, 0.05) is 13.1 Å². The fourth-order valence-electron chi connectivity index (χ4n) is 1.72. The van der Waals surface area contributed by atoms with Crippen molar-refractivity contribution in [2.24, 2.45) is 0 Å². The first-order valence-electron chi connectivity index (χ1n) is 6.11. The number of hydrogen-bond donors (Lipinski definition) is 1. The molecule has 0 saturated heterocycles. The summed E-state index contributed by atoms with van der Waals surface area (Å²) in [6.45, 7) is 8.05. The number of rotatable bonds is 7. The molecule has 0 amide bonds. The Morgan fingerprint density at radius 2 is 1.88 bits per heavy atom. The van der Waals surface area contributed by atoms with Crippen molar-refractivity contribution in [2.75, 3.05) is 18.0 Å². The molecule has 0 atom stereocenters. The highest BCUT2D eigenvalue weighted by molar-refractivity contribution is 7.17. The Morgan fingerprint density at radius 1 is 1.29 bits per heavy atom. The van der Waals surface area contributed by atoms with Gasteiger partial charge >= 0.3 is 5.97 Å². The monoisotopic (exact) mass is 256 g/mol. The standard InChI is InChI=1S/C12H20N2O2S/c1-4-7-14(8-5-2)12-13-9(6-3)10(17-12)11(15)16/h4-8H2,1-3H3,(H,15,16). The average Bonchev–Trinajstić information content (AvgIpc) is 2.72. The molecule has 0 fully saturated rings. The number of carboxylic acid groups (broad SMARTS) is 1. The first kappa shape index (κ1) is 14.0. The maximum absolute atomic E-state index is 11.1. The Morgan fingerprint density at radius 3 is 2.24 bits per heavy atom. The van der Waals surface area contributed by atoms with Crippen molar-refractivity contribution in [2.45, 2.75) is 40.0 Å². The number of nitrogens with zero attached hydrogens (tertiary/aromatic N) is 2. The van der Waals surface area contributed by atoms with E-state index in [1.165, 1.54) is 11.3 Å². The van der Waals surface area contributed by atoms with Crippen LogP contribution in [0.2, 0.25) is 0 Å². The quantitative estimate of drug-likeness (QED) is 0.814. The number of aromatic nitrogens is 1. The Kier molecular flexibility index (Phi) is 5.41. The Balaban J connectivity index is 2.99. The molecular weight excluding hydrogens is 236 g/mol. The fourth-order valence-corrected chi connectivity index (χ4v) is 2.77. The second-order valence-corrected chi connectivity index (χ2v) is 4.90. The first-order valence-corrected chi connectivity index (χ1v) is 6.93. The van der Waals surface area contributed by atoms with Gasteiger partial charge in [0.2, 0.25) is 0 Å². The number of aryl methyl sites for hydroxylation is 1. The molecule has 0 radical (unpaired) electrons. The van der Waals surface area contributed by atoms with Crippen LogP contribution >= 0.6 is 11.3 Å². The predicted octanol–water partition coefficient (Wildman–Crippen LogP) is 3.03. The zero-order chi connectivity index (χ0) is 12.8. The van der Waals surface area contributed by atoms with Crippen LogP contribution in [0.3, 0.4) is 0 Å². The van der Waals surface area contributed by atoms with Gasteiger partial charge in [-0.2, -0.15) is 0 Å². The van der Waals surface area contributed by atoms with Crippen LogP contribution in [0.1, 0.15) is 49.0 Å². The number of carbonyl (C=O) groups is 1. The van der Waals surface area contributed by atoms with Crippen LogP contribution in [0.25, 0.3) is 0 Å². The smallest absolute Gasteiger partial charge is 0.347 e. The molecule has 0 aliphatic carbocycles. The maximum atomic E-state index is 11.1. The number of carboxylic acids is 1. The normalized spacial score (nSPS) is 10.5. The van der Waals surface area contributed by atoms with Gasteiger partial charge in [-0.1, -0.05) is 32.1 Å². The summed E-state index contributed by atoms with van der Waals surface area (Å²) in [5, 5.41) is 9.95. The minimum Gasteiger partial charge on any atom is -0.477 e. The van der Waals surface area contributed by atoms with Crippen molar-refractivity contribution >= 4 is 22.4 Å². The van der Waals surface area contributed by atoms with Crippen molar-refractivity contribution in [1.82, 2.24) is 4.98 Å². The molecule has 0 unspecified atom stereocenters. The number of hydrogen-bond acceptors (Lipinski definition) is 4. The highest BCUT2D eigenvalue weighted by Gasteiger charge is 2.18. The van der Waals surface area contributed by atoms with E-state index in [2.05, 4.69) is 23.7 Å². The number of thiazole rings is 1. The second-order valence-electron chi connectivity index (χ2n) is 3.92. The van der Waals surface area contributed by atoms with E-state index in [1.54, 1.807) is 0 Å². The molecule has 4 nitrogen and oxygen atoms in total. The molecule has 0 aliphatic rings. The molecule has 0 saturated carbocycles. The third-order valence-electron chi connectivity index (χ3n) is 2.47. The van der Waals surface area contributed by atoms with Crippen LogP contribution in [0.5, 0.6) is 0 Å². The van der Waals surface area contributed by atoms with Gasteiger partial charge in [0.15, 0.2) is 5.13 Å².